The predicted molar refractivity (Wildman–Crippen MR) is 85.7 cm³/mol. The first-order chi connectivity index (χ1) is 10.4. The van der Waals surface area contributed by atoms with Gasteiger partial charge in [-0.1, -0.05) is 12.1 Å². The van der Waals surface area contributed by atoms with Crippen molar-refractivity contribution in [1.29, 1.82) is 0 Å². The van der Waals surface area contributed by atoms with Gasteiger partial charge in [-0.05, 0) is 31.5 Å². The average Bonchev–Trinajstić information content (AvgIpc) is 3.12. The molecule has 2 fully saturated rings. The maximum Gasteiger partial charge on any atom is 0.108 e. The largest absolute Gasteiger partial charge is 0.374 e. The number of rotatable bonds is 4. The molecule has 4 nitrogen and oxygen atoms in total. The molecular weight excluding hydrogens is 282 g/mol. The van der Waals surface area contributed by atoms with E-state index >= 15 is 0 Å². The molecule has 2 unspecified atom stereocenters. The van der Waals surface area contributed by atoms with Crippen LogP contribution in [0.4, 0.5) is 0 Å². The minimum Gasteiger partial charge on any atom is -0.374 e. The molecule has 1 aromatic heterocycles. The molecule has 4 rings (SSSR count). The third-order valence-corrected chi connectivity index (χ3v) is 5.48. The molecule has 2 aliphatic heterocycles. The van der Waals surface area contributed by atoms with Crippen LogP contribution in [0.2, 0.25) is 0 Å². The topological polar surface area (TPSA) is 37.4 Å². The zero-order chi connectivity index (χ0) is 14.1. The average molecular weight is 303 g/mol. The van der Waals surface area contributed by atoms with E-state index in [4.69, 9.17) is 4.74 Å². The summed E-state index contributed by atoms with van der Waals surface area (Å²) in [6.07, 6.45) is 2.97. The van der Waals surface area contributed by atoms with Gasteiger partial charge in [0.15, 0.2) is 0 Å². The summed E-state index contributed by atoms with van der Waals surface area (Å²) in [7, 11) is 0. The zero-order valence-electron chi connectivity index (χ0n) is 12.1. The van der Waals surface area contributed by atoms with E-state index in [2.05, 4.69) is 33.4 Å². The summed E-state index contributed by atoms with van der Waals surface area (Å²) < 4.78 is 7.23. The third kappa shape index (κ3) is 2.97. The molecule has 0 bridgehead atoms. The van der Waals surface area contributed by atoms with Crippen LogP contribution >= 0.6 is 11.3 Å². The SMILES string of the molecule is c1ccc2sc(CNCC3CN4CCCC4CO3)nc2c1. The molecule has 112 valence electrons. The van der Waals surface area contributed by atoms with Crippen LogP contribution in [0, 0.1) is 0 Å². The number of nitrogens with one attached hydrogen (secondary N) is 1. The van der Waals surface area contributed by atoms with E-state index in [-0.39, 0.29) is 0 Å². The summed E-state index contributed by atoms with van der Waals surface area (Å²) in [6, 6.07) is 9.01. The van der Waals surface area contributed by atoms with Gasteiger partial charge < -0.3 is 10.1 Å². The van der Waals surface area contributed by atoms with Crippen molar-refractivity contribution in [3.05, 3.63) is 29.3 Å². The van der Waals surface area contributed by atoms with Gasteiger partial charge in [0.1, 0.15) is 5.01 Å². The molecule has 0 amide bonds. The first-order valence-electron chi connectivity index (χ1n) is 7.79. The monoisotopic (exact) mass is 303 g/mol. The fraction of sp³-hybridized carbons (Fsp3) is 0.562. The molecule has 2 aromatic rings. The Morgan fingerprint density at radius 1 is 1.38 bits per heavy atom. The molecule has 2 aliphatic rings. The molecule has 21 heavy (non-hydrogen) atoms. The van der Waals surface area contributed by atoms with E-state index in [1.807, 2.05) is 6.07 Å². The number of morpholine rings is 1. The lowest BCUT2D eigenvalue weighted by atomic mass is 10.2. The highest BCUT2D eigenvalue weighted by Crippen LogP contribution is 2.23. The lowest BCUT2D eigenvalue weighted by molar-refractivity contribution is -0.0470. The Labute approximate surface area is 129 Å². The summed E-state index contributed by atoms with van der Waals surface area (Å²) in [5.41, 5.74) is 1.10. The van der Waals surface area contributed by atoms with Crippen molar-refractivity contribution in [3.63, 3.8) is 0 Å². The van der Waals surface area contributed by atoms with Crippen molar-refractivity contribution >= 4 is 21.6 Å². The van der Waals surface area contributed by atoms with E-state index in [1.165, 1.54) is 24.1 Å². The molecule has 1 N–H and O–H groups in total. The Balaban J connectivity index is 1.29. The smallest absolute Gasteiger partial charge is 0.108 e. The maximum absolute atomic E-state index is 5.97. The standard InChI is InChI=1S/C16H21N3OS/c1-2-6-15-14(5-1)18-16(21-15)9-17-8-13-10-19-7-3-4-12(19)11-20-13/h1-2,5-6,12-13,17H,3-4,7-11H2. The Morgan fingerprint density at radius 2 is 2.33 bits per heavy atom. The fourth-order valence-electron chi connectivity index (χ4n) is 3.34. The Morgan fingerprint density at radius 3 is 3.29 bits per heavy atom. The molecule has 2 saturated heterocycles. The van der Waals surface area contributed by atoms with Crippen molar-refractivity contribution in [1.82, 2.24) is 15.2 Å². The van der Waals surface area contributed by atoms with Gasteiger partial charge in [0.05, 0.1) is 22.9 Å². The number of para-hydroxylation sites is 1. The number of fused-ring (bicyclic) bond motifs is 2. The Hall–Kier alpha value is -1.01. The molecule has 3 heterocycles. The first-order valence-corrected chi connectivity index (χ1v) is 8.61. The molecular formula is C16H21N3OS. The van der Waals surface area contributed by atoms with Crippen LogP contribution in [0.3, 0.4) is 0 Å². The second-order valence-corrected chi connectivity index (χ2v) is 7.07. The van der Waals surface area contributed by atoms with Crippen molar-refractivity contribution in [2.24, 2.45) is 0 Å². The molecule has 2 atom stereocenters. The number of nitrogens with zero attached hydrogens (tertiary/aromatic N) is 2. The molecule has 0 aliphatic carbocycles. The number of ether oxygens (including phenoxy) is 1. The van der Waals surface area contributed by atoms with Gasteiger partial charge in [0.2, 0.25) is 0 Å². The van der Waals surface area contributed by atoms with E-state index in [9.17, 15) is 0 Å². The van der Waals surface area contributed by atoms with Crippen LogP contribution in [0.25, 0.3) is 10.2 Å². The van der Waals surface area contributed by atoms with E-state index in [0.717, 1.165) is 36.8 Å². The van der Waals surface area contributed by atoms with Crippen LogP contribution in [0.1, 0.15) is 17.8 Å². The van der Waals surface area contributed by atoms with E-state index in [1.54, 1.807) is 11.3 Å². The lowest BCUT2D eigenvalue weighted by Gasteiger charge is -2.35. The number of hydrogen-bond acceptors (Lipinski definition) is 5. The second-order valence-electron chi connectivity index (χ2n) is 5.95. The summed E-state index contributed by atoms with van der Waals surface area (Å²) >= 11 is 1.77. The van der Waals surface area contributed by atoms with Gasteiger partial charge in [-0.25, -0.2) is 4.98 Å². The fourth-order valence-corrected chi connectivity index (χ4v) is 4.28. The van der Waals surface area contributed by atoms with E-state index < -0.39 is 0 Å². The van der Waals surface area contributed by atoms with Gasteiger partial charge >= 0.3 is 0 Å². The van der Waals surface area contributed by atoms with Crippen LogP contribution < -0.4 is 5.32 Å². The van der Waals surface area contributed by atoms with Crippen LogP contribution in [-0.4, -0.2) is 48.3 Å². The van der Waals surface area contributed by atoms with Gasteiger partial charge in [-0.3, -0.25) is 4.90 Å². The molecule has 0 radical (unpaired) electrons. The molecule has 0 spiro atoms. The molecule has 0 saturated carbocycles. The molecule has 5 heteroatoms. The van der Waals surface area contributed by atoms with Crippen molar-refractivity contribution in [2.45, 2.75) is 31.5 Å². The summed E-state index contributed by atoms with van der Waals surface area (Å²) in [4.78, 5) is 7.24. The zero-order valence-corrected chi connectivity index (χ0v) is 12.9. The van der Waals surface area contributed by atoms with Crippen molar-refractivity contribution in [3.8, 4) is 0 Å². The highest BCUT2D eigenvalue weighted by Gasteiger charge is 2.31. The summed E-state index contributed by atoms with van der Waals surface area (Å²) in [5, 5.41) is 4.67. The minimum absolute atomic E-state index is 0.328. The number of aromatic nitrogens is 1. The summed E-state index contributed by atoms with van der Waals surface area (Å²) in [6.45, 7) is 5.00. The van der Waals surface area contributed by atoms with Gasteiger partial charge in [0, 0.05) is 25.7 Å². The number of thiazole rings is 1. The van der Waals surface area contributed by atoms with Crippen molar-refractivity contribution < 1.29 is 4.74 Å². The van der Waals surface area contributed by atoms with Gasteiger partial charge in [-0.2, -0.15) is 0 Å². The highest BCUT2D eigenvalue weighted by atomic mass is 32.1. The number of benzene rings is 1. The van der Waals surface area contributed by atoms with Crippen molar-refractivity contribution in [2.75, 3.05) is 26.2 Å². The summed E-state index contributed by atoms with van der Waals surface area (Å²) in [5.74, 6) is 0. The highest BCUT2D eigenvalue weighted by molar-refractivity contribution is 7.18. The second kappa shape index (κ2) is 6.01. The van der Waals surface area contributed by atoms with Gasteiger partial charge in [0.25, 0.3) is 0 Å². The Bertz CT molecular complexity index is 581. The normalized spacial score (nSPS) is 26.3. The lowest BCUT2D eigenvalue weighted by Crippen LogP contribution is -2.49. The maximum atomic E-state index is 5.97. The Kier molecular flexibility index (Phi) is 3.90. The first kappa shape index (κ1) is 13.6. The van der Waals surface area contributed by atoms with E-state index in [0.29, 0.717) is 12.1 Å². The predicted octanol–water partition coefficient (Wildman–Crippen LogP) is 2.25. The minimum atomic E-state index is 0.328. The van der Waals surface area contributed by atoms with Crippen LogP contribution in [-0.2, 0) is 11.3 Å². The van der Waals surface area contributed by atoms with Crippen LogP contribution in [0.5, 0.6) is 0 Å². The quantitative estimate of drug-likeness (QED) is 0.940. The third-order valence-electron chi connectivity index (χ3n) is 4.45. The van der Waals surface area contributed by atoms with Gasteiger partial charge in [-0.15, -0.1) is 11.3 Å². The van der Waals surface area contributed by atoms with Crippen LogP contribution in [0.15, 0.2) is 24.3 Å². The molecule has 1 aromatic carbocycles. The number of hydrogen-bond donors (Lipinski definition) is 1.